The van der Waals surface area contributed by atoms with Crippen molar-refractivity contribution in [2.45, 2.75) is 34.1 Å². The molecule has 0 aliphatic heterocycles. The van der Waals surface area contributed by atoms with Crippen molar-refractivity contribution in [1.29, 1.82) is 0 Å². The second kappa shape index (κ2) is 7.53. The summed E-state index contributed by atoms with van der Waals surface area (Å²) in [5.74, 6) is -0.389. The van der Waals surface area contributed by atoms with Crippen LogP contribution in [-0.4, -0.2) is 23.8 Å². The van der Waals surface area contributed by atoms with Crippen LogP contribution in [0, 0.1) is 0 Å². The fraction of sp³-hybridized carbons (Fsp3) is 0.353. The van der Waals surface area contributed by atoms with E-state index < -0.39 is 0 Å². The lowest BCUT2D eigenvalue weighted by molar-refractivity contribution is -0.135. The second-order valence-corrected chi connectivity index (χ2v) is 4.72. The van der Waals surface area contributed by atoms with Crippen molar-refractivity contribution in [3.8, 4) is 0 Å². The van der Waals surface area contributed by atoms with Gasteiger partial charge in [-0.05, 0) is 38.8 Å². The number of pyridine rings is 1. The second-order valence-electron chi connectivity index (χ2n) is 4.72. The van der Waals surface area contributed by atoms with Crippen LogP contribution in [0.25, 0.3) is 5.57 Å². The zero-order valence-corrected chi connectivity index (χ0v) is 13.4. The van der Waals surface area contributed by atoms with E-state index in [9.17, 15) is 4.79 Å². The molecule has 0 N–H and O–H groups in total. The van der Waals surface area contributed by atoms with E-state index in [0.29, 0.717) is 11.3 Å². The maximum Gasteiger partial charge on any atom is 0.339 e. The number of nitrogens with zero attached hydrogens (tertiary/aromatic N) is 2. The molecule has 112 valence electrons. The van der Waals surface area contributed by atoms with Gasteiger partial charge in [-0.2, -0.15) is 0 Å². The molecule has 0 atom stereocenters. The molecular formula is C17H22N2O2. The van der Waals surface area contributed by atoms with Gasteiger partial charge in [0.05, 0.1) is 24.1 Å². The molecule has 0 unspecified atom stereocenters. The van der Waals surface area contributed by atoms with E-state index in [0.717, 1.165) is 28.9 Å². The average molecular weight is 286 g/mol. The number of aryl methyl sites for hydroxylation is 1. The van der Waals surface area contributed by atoms with Gasteiger partial charge in [-0.15, -0.1) is 0 Å². The number of esters is 1. The van der Waals surface area contributed by atoms with E-state index in [1.807, 2.05) is 19.9 Å². The van der Waals surface area contributed by atoms with Gasteiger partial charge in [0, 0.05) is 17.5 Å². The van der Waals surface area contributed by atoms with Crippen LogP contribution >= 0.6 is 0 Å². The van der Waals surface area contributed by atoms with Crippen molar-refractivity contribution in [3.63, 3.8) is 0 Å². The highest BCUT2D eigenvalue weighted by atomic mass is 16.5. The van der Waals surface area contributed by atoms with Gasteiger partial charge < -0.3 is 4.74 Å². The normalized spacial score (nSPS) is 12.2. The number of carbonyl (C=O) groups excluding carboxylic acids is 1. The Balaban J connectivity index is 3.35. The molecular weight excluding hydrogens is 264 g/mol. The molecule has 1 rings (SSSR count). The summed E-state index contributed by atoms with van der Waals surface area (Å²) in [5, 5.41) is 0. The molecule has 4 heteroatoms. The lowest BCUT2D eigenvalue weighted by Gasteiger charge is -2.09. The summed E-state index contributed by atoms with van der Waals surface area (Å²) < 4.78 is 4.77. The Hall–Kier alpha value is -2.23. The highest BCUT2D eigenvalue weighted by Gasteiger charge is 2.13. The third kappa shape index (κ3) is 4.12. The molecule has 0 radical (unpaired) electrons. The minimum atomic E-state index is -0.389. The number of allylic oxidation sites excluding steroid dienone is 2. The van der Waals surface area contributed by atoms with Crippen molar-refractivity contribution in [2.24, 2.45) is 4.99 Å². The third-order valence-electron chi connectivity index (χ3n) is 3.13. The standard InChI is InChI=1S/C17H22N2O2/c1-7-13-9-16(15(10-18-13)11(3)4)19-12(5)14(8-2)17(20)21-6/h8-10H,3,7H2,1-2,4-6H3/b14-8+,19-12?. The van der Waals surface area contributed by atoms with E-state index in [2.05, 4.69) is 16.6 Å². The van der Waals surface area contributed by atoms with Gasteiger partial charge >= 0.3 is 5.97 Å². The van der Waals surface area contributed by atoms with Crippen molar-refractivity contribution in [2.75, 3.05) is 7.11 Å². The number of carbonyl (C=O) groups is 1. The summed E-state index contributed by atoms with van der Waals surface area (Å²) in [7, 11) is 1.36. The largest absolute Gasteiger partial charge is 0.465 e. The van der Waals surface area contributed by atoms with Gasteiger partial charge in [-0.25, -0.2) is 4.79 Å². The number of ether oxygens (including phenoxy) is 1. The van der Waals surface area contributed by atoms with E-state index in [-0.39, 0.29) is 5.97 Å². The maximum atomic E-state index is 11.7. The summed E-state index contributed by atoms with van der Waals surface area (Å²) in [6.45, 7) is 11.5. The van der Waals surface area contributed by atoms with E-state index in [1.165, 1.54) is 7.11 Å². The van der Waals surface area contributed by atoms with Crippen molar-refractivity contribution in [3.05, 3.63) is 41.7 Å². The third-order valence-corrected chi connectivity index (χ3v) is 3.13. The Morgan fingerprint density at radius 3 is 2.62 bits per heavy atom. The minimum Gasteiger partial charge on any atom is -0.465 e. The van der Waals surface area contributed by atoms with Crippen molar-refractivity contribution < 1.29 is 9.53 Å². The van der Waals surface area contributed by atoms with Crippen molar-refractivity contribution >= 4 is 22.9 Å². The SMILES string of the molecule is C=C(C)c1cnc(CC)cc1N=C(C)/C(=C\C)C(=O)OC. The van der Waals surface area contributed by atoms with Crippen LogP contribution in [0.1, 0.15) is 39.0 Å². The first-order valence-electron chi connectivity index (χ1n) is 6.89. The van der Waals surface area contributed by atoms with Crippen LogP contribution in [0.3, 0.4) is 0 Å². The first-order valence-corrected chi connectivity index (χ1v) is 6.89. The molecule has 0 saturated heterocycles. The molecule has 1 aromatic rings. The lowest BCUT2D eigenvalue weighted by Crippen LogP contribution is -2.11. The van der Waals surface area contributed by atoms with Gasteiger partial charge in [0.2, 0.25) is 0 Å². The molecule has 0 fully saturated rings. The molecule has 1 aromatic heterocycles. The average Bonchev–Trinajstić information content (AvgIpc) is 2.47. The monoisotopic (exact) mass is 286 g/mol. The van der Waals surface area contributed by atoms with E-state index >= 15 is 0 Å². The molecule has 0 aliphatic carbocycles. The quantitative estimate of drug-likeness (QED) is 0.469. The van der Waals surface area contributed by atoms with E-state index in [4.69, 9.17) is 4.74 Å². The summed E-state index contributed by atoms with van der Waals surface area (Å²) >= 11 is 0. The Labute approximate surface area is 126 Å². The van der Waals surface area contributed by atoms with Crippen LogP contribution in [0.2, 0.25) is 0 Å². The lowest BCUT2D eigenvalue weighted by atomic mass is 10.1. The molecule has 0 aliphatic rings. The fourth-order valence-corrected chi connectivity index (χ4v) is 1.93. The molecule has 0 saturated carbocycles. The van der Waals surface area contributed by atoms with Gasteiger partial charge in [-0.1, -0.05) is 19.6 Å². The Kier molecular flexibility index (Phi) is 6.03. The molecule has 0 spiro atoms. The summed E-state index contributed by atoms with van der Waals surface area (Å²) in [6.07, 6.45) is 4.30. The van der Waals surface area contributed by atoms with Gasteiger partial charge in [-0.3, -0.25) is 9.98 Å². The zero-order chi connectivity index (χ0) is 16.0. The summed E-state index contributed by atoms with van der Waals surface area (Å²) in [4.78, 5) is 20.7. The highest BCUT2D eigenvalue weighted by Crippen LogP contribution is 2.26. The number of aromatic nitrogens is 1. The summed E-state index contributed by atoms with van der Waals surface area (Å²) in [5.41, 5.74) is 4.56. The molecule has 1 heterocycles. The van der Waals surface area contributed by atoms with Crippen LogP contribution in [0.5, 0.6) is 0 Å². The molecule has 21 heavy (non-hydrogen) atoms. The first-order chi connectivity index (χ1) is 9.94. The van der Waals surface area contributed by atoms with Crippen LogP contribution in [0.15, 0.2) is 35.5 Å². The van der Waals surface area contributed by atoms with Gasteiger partial charge in [0.15, 0.2) is 0 Å². The number of methoxy groups -OCH3 is 1. The topological polar surface area (TPSA) is 51.5 Å². The van der Waals surface area contributed by atoms with E-state index in [1.54, 1.807) is 26.1 Å². The maximum absolute atomic E-state index is 11.7. The predicted molar refractivity (Wildman–Crippen MR) is 86.9 cm³/mol. The number of hydrogen-bond acceptors (Lipinski definition) is 4. The van der Waals surface area contributed by atoms with Crippen molar-refractivity contribution in [1.82, 2.24) is 4.98 Å². The number of rotatable bonds is 5. The summed E-state index contributed by atoms with van der Waals surface area (Å²) in [6, 6.07) is 1.93. The Morgan fingerprint density at radius 1 is 1.48 bits per heavy atom. The fourth-order valence-electron chi connectivity index (χ4n) is 1.93. The highest BCUT2D eigenvalue weighted by molar-refractivity contribution is 6.19. The smallest absolute Gasteiger partial charge is 0.339 e. The Morgan fingerprint density at radius 2 is 2.14 bits per heavy atom. The first kappa shape index (κ1) is 16.8. The molecule has 4 nitrogen and oxygen atoms in total. The minimum absolute atomic E-state index is 0.389. The molecule has 0 amide bonds. The predicted octanol–water partition coefficient (Wildman–Crippen LogP) is 3.89. The van der Waals surface area contributed by atoms with Crippen LogP contribution in [-0.2, 0) is 16.0 Å². The molecule has 0 aromatic carbocycles. The molecule has 0 bridgehead atoms. The van der Waals surface area contributed by atoms with Gasteiger partial charge in [0.1, 0.15) is 0 Å². The number of aliphatic imine (C=N–C) groups is 1. The number of hydrogen-bond donors (Lipinski definition) is 0. The van der Waals surface area contributed by atoms with Crippen LogP contribution in [0.4, 0.5) is 5.69 Å². The Bertz CT molecular complexity index is 613. The van der Waals surface area contributed by atoms with Crippen LogP contribution < -0.4 is 0 Å². The zero-order valence-electron chi connectivity index (χ0n) is 13.4. The van der Waals surface area contributed by atoms with Gasteiger partial charge in [0.25, 0.3) is 0 Å².